The topological polar surface area (TPSA) is 85.2 Å². The van der Waals surface area contributed by atoms with Crippen LogP contribution in [0.4, 0.5) is 5.69 Å². The molecule has 0 spiro atoms. The number of ether oxygens (including phenoxy) is 1. The first-order chi connectivity index (χ1) is 10.5. The maximum absolute atomic E-state index is 12.0. The van der Waals surface area contributed by atoms with Crippen molar-refractivity contribution in [3.8, 4) is 5.75 Å². The molecule has 1 heterocycles. The molecule has 0 aliphatic rings. The Labute approximate surface area is 125 Å². The monoisotopic (exact) mass is 296 g/mol. The van der Waals surface area contributed by atoms with Gasteiger partial charge in [0.1, 0.15) is 5.75 Å². The van der Waals surface area contributed by atoms with E-state index in [2.05, 4.69) is 4.98 Å². The molecule has 2 aromatic carbocycles. The van der Waals surface area contributed by atoms with Crippen LogP contribution in [0.2, 0.25) is 0 Å². The zero-order valence-electron chi connectivity index (χ0n) is 11.7. The molecule has 110 valence electrons. The summed E-state index contributed by atoms with van der Waals surface area (Å²) in [6.45, 7) is 1.95. The molecule has 0 unspecified atom stereocenters. The number of benzene rings is 2. The highest BCUT2D eigenvalue weighted by Crippen LogP contribution is 2.22. The number of hydrogen-bond donors (Lipinski definition) is 1. The lowest BCUT2D eigenvalue weighted by molar-refractivity contribution is -0.384. The van der Waals surface area contributed by atoms with Gasteiger partial charge < -0.3 is 9.72 Å². The highest BCUT2D eigenvalue weighted by Gasteiger charge is 2.12. The molecule has 0 radical (unpaired) electrons. The number of rotatable bonds is 3. The van der Waals surface area contributed by atoms with Crippen LogP contribution in [0.3, 0.4) is 0 Å². The van der Waals surface area contributed by atoms with E-state index in [1.165, 1.54) is 24.3 Å². The molecule has 3 rings (SSSR count). The predicted molar refractivity (Wildman–Crippen MR) is 81.1 cm³/mol. The first kappa shape index (κ1) is 13.8. The summed E-state index contributed by atoms with van der Waals surface area (Å²) < 4.78 is 5.30. The quantitative estimate of drug-likeness (QED) is 0.346. The third kappa shape index (κ3) is 2.67. The van der Waals surface area contributed by atoms with Crippen LogP contribution in [0.25, 0.3) is 10.9 Å². The van der Waals surface area contributed by atoms with E-state index >= 15 is 0 Å². The Morgan fingerprint density at radius 3 is 2.55 bits per heavy atom. The van der Waals surface area contributed by atoms with Gasteiger partial charge in [0.2, 0.25) is 0 Å². The summed E-state index contributed by atoms with van der Waals surface area (Å²) >= 11 is 0. The minimum atomic E-state index is -0.554. The molecule has 0 fully saturated rings. The number of nitrogens with one attached hydrogen (secondary N) is 1. The molecular formula is C16H12N2O4. The number of hydrogen-bond acceptors (Lipinski definition) is 4. The molecule has 1 aromatic heterocycles. The van der Waals surface area contributed by atoms with Crippen LogP contribution in [0, 0.1) is 17.0 Å². The number of H-pyrrole nitrogens is 1. The molecule has 0 atom stereocenters. The molecule has 0 saturated carbocycles. The van der Waals surface area contributed by atoms with Crippen LogP contribution in [-0.4, -0.2) is 15.9 Å². The number of carbonyl (C=O) groups is 1. The summed E-state index contributed by atoms with van der Waals surface area (Å²) in [5.74, 6) is -0.128. The van der Waals surface area contributed by atoms with E-state index in [1.54, 1.807) is 12.1 Å². The molecule has 0 saturated heterocycles. The van der Waals surface area contributed by atoms with Crippen molar-refractivity contribution < 1.29 is 14.5 Å². The minimum Gasteiger partial charge on any atom is -0.423 e. The normalized spacial score (nSPS) is 10.6. The van der Waals surface area contributed by atoms with Gasteiger partial charge in [-0.25, -0.2) is 4.79 Å². The fraction of sp³-hybridized carbons (Fsp3) is 0.0625. The number of aryl methyl sites for hydroxylation is 1. The van der Waals surface area contributed by atoms with Crippen molar-refractivity contribution in [2.45, 2.75) is 6.92 Å². The van der Waals surface area contributed by atoms with E-state index in [0.29, 0.717) is 5.75 Å². The van der Waals surface area contributed by atoms with Crippen molar-refractivity contribution in [1.29, 1.82) is 0 Å². The molecule has 1 N–H and O–H groups in total. The number of nitrogens with zero attached hydrogens (tertiary/aromatic N) is 1. The highest BCUT2D eigenvalue weighted by molar-refractivity contribution is 5.92. The first-order valence-electron chi connectivity index (χ1n) is 6.59. The van der Waals surface area contributed by atoms with Crippen LogP contribution in [0.15, 0.2) is 48.5 Å². The van der Waals surface area contributed by atoms with Gasteiger partial charge in [-0.05, 0) is 43.3 Å². The average molecular weight is 296 g/mol. The van der Waals surface area contributed by atoms with Crippen LogP contribution in [-0.2, 0) is 0 Å². The first-order valence-corrected chi connectivity index (χ1v) is 6.59. The van der Waals surface area contributed by atoms with Crippen molar-refractivity contribution in [3.05, 3.63) is 69.9 Å². The number of non-ortho nitro benzene ring substituents is 1. The van der Waals surface area contributed by atoms with E-state index < -0.39 is 10.9 Å². The Morgan fingerprint density at radius 1 is 1.14 bits per heavy atom. The summed E-state index contributed by atoms with van der Waals surface area (Å²) in [7, 11) is 0. The van der Waals surface area contributed by atoms with Crippen molar-refractivity contribution in [2.75, 3.05) is 0 Å². The molecule has 0 amide bonds. The molecule has 0 aliphatic heterocycles. The number of nitro benzene ring substituents is 1. The highest BCUT2D eigenvalue weighted by atomic mass is 16.6. The lowest BCUT2D eigenvalue weighted by Crippen LogP contribution is -2.08. The molecule has 0 bridgehead atoms. The lowest BCUT2D eigenvalue weighted by atomic mass is 10.2. The smallest absolute Gasteiger partial charge is 0.343 e. The van der Waals surface area contributed by atoms with Gasteiger partial charge in [0.25, 0.3) is 5.69 Å². The summed E-state index contributed by atoms with van der Waals surface area (Å²) in [4.78, 5) is 25.3. The summed E-state index contributed by atoms with van der Waals surface area (Å²) in [5.41, 5.74) is 2.18. The second kappa shape index (κ2) is 5.33. The van der Waals surface area contributed by atoms with Crippen molar-refractivity contribution in [2.24, 2.45) is 0 Å². The van der Waals surface area contributed by atoms with Crippen molar-refractivity contribution in [1.82, 2.24) is 4.98 Å². The Balaban J connectivity index is 1.81. The molecule has 3 aromatic rings. The number of carbonyl (C=O) groups excluding carboxylic acids is 1. The molecular weight excluding hydrogens is 284 g/mol. The third-order valence-electron chi connectivity index (χ3n) is 3.25. The Kier molecular flexibility index (Phi) is 3.34. The predicted octanol–water partition coefficient (Wildman–Crippen LogP) is 3.60. The van der Waals surface area contributed by atoms with Gasteiger partial charge in [0.05, 0.1) is 10.5 Å². The maximum atomic E-state index is 12.0. The number of nitro groups is 1. The maximum Gasteiger partial charge on any atom is 0.343 e. The van der Waals surface area contributed by atoms with E-state index in [-0.39, 0.29) is 11.3 Å². The lowest BCUT2D eigenvalue weighted by Gasteiger charge is -2.04. The average Bonchev–Trinajstić information content (AvgIpc) is 2.86. The fourth-order valence-corrected chi connectivity index (χ4v) is 2.20. The minimum absolute atomic E-state index is 0.0687. The Morgan fingerprint density at radius 2 is 1.86 bits per heavy atom. The summed E-state index contributed by atoms with van der Waals surface area (Å²) in [5, 5.41) is 11.5. The number of esters is 1. The number of fused-ring (bicyclic) bond motifs is 1. The van der Waals surface area contributed by atoms with Gasteiger partial charge in [-0.3, -0.25) is 10.1 Å². The standard InChI is InChI=1S/C16H12N2O4/c1-10-8-12-9-14(6-7-15(12)17-10)22-16(19)11-2-4-13(5-3-11)18(20)21/h2-9,17H,1H3. The van der Waals surface area contributed by atoms with Gasteiger partial charge in [-0.15, -0.1) is 0 Å². The molecule has 6 heteroatoms. The number of aromatic amines is 1. The fourth-order valence-electron chi connectivity index (χ4n) is 2.20. The van der Waals surface area contributed by atoms with Crippen LogP contribution in [0.5, 0.6) is 5.75 Å². The van der Waals surface area contributed by atoms with E-state index in [4.69, 9.17) is 4.74 Å². The summed E-state index contributed by atoms with van der Waals surface area (Å²) in [6, 6.07) is 12.5. The Bertz CT molecular complexity index is 865. The second-order valence-electron chi connectivity index (χ2n) is 4.89. The van der Waals surface area contributed by atoms with Gasteiger partial charge in [0.15, 0.2) is 0 Å². The second-order valence-corrected chi connectivity index (χ2v) is 4.89. The van der Waals surface area contributed by atoms with E-state index in [0.717, 1.165) is 16.6 Å². The van der Waals surface area contributed by atoms with Gasteiger partial charge in [-0.2, -0.15) is 0 Å². The van der Waals surface area contributed by atoms with Crippen LogP contribution in [0.1, 0.15) is 16.1 Å². The van der Waals surface area contributed by atoms with E-state index in [9.17, 15) is 14.9 Å². The molecule has 22 heavy (non-hydrogen) atoms. The largest absolute Gasteiger partial charge is 0.423 e. The van der Waals surface area contributed by atoms with Gasteiger partial charge in [0, 0.05) is 28.7 Å². The van der Waals surface area contributed by atoms with Gasteiger partial charge >= 0.3 is 5.97 Å². The zero-order chi connectivity index (χ0) is 15.7. The zero-order valence-corrected chi connectivity index (χ0v) is 11.7. The number of aromatic nitrogens is 1. The Hall–Kier alpha value is -3.15. The van der Waals surface area contributed by atoms with Crippen LogP contribution >= 0.6 is 0 Å². The third-order valence-corrected chi connectivity index (χ3v) is 3.25. The van der Waals surface area contributed by atoms with Crippen molar-refractivity contribution >= 4 is 22.6 Å². The van der Waals surface area contributed by atoms with Crippen LogP contribution < -0.4 is 4.74 Å². The van der Waals surface area contributed by atoms with E-state index in [1.807, 2.05) is 19.1 Å². The van der Waals surface area contributed by atoms with Crippen molar-refractivity contribution in [3.63, 3.8) is 0 Å². The molecule has 0 aliphatic carbocycles. The molecule has 6 nitrogen and oxygen atoms in total. The SMILES string of the molecule is Cc1cc2cc(OC(=O)c3ccc([N+](=O)[O-])cc3)ccc2[nH]1. The van der Waals surface area contributed by atoms with Gasteiger partial charge in [-0.1, -0.05) is 0 Å². The summed E-state index contributed by atoms with van der Waals surface area (Å²) in [6.07, 6.45) is 0.